The van der Waals surface area contributed by atoms with E-state index in [9.17, 15) is 4.79 Å². The number of rotatable bonds is 3. The van der Waals surface area contributed by atoms with Gasteiger partial charge in [0.15, 0.2) is 0 Å². The highest BCUT2D eigenvalue weighted by atomic mass is 35.5. The van der Waals surface area contributed by atoms with Crippen LogP contribution in [0.3, 0.4) is 0 Å². The van der Waals surface area contributed by atoms with Crippen molar-refractivity contribution in [1.29, 1.82) is 0 Å². The summed E-state index contributed by atoms with van der Waals surface area (Å²) in [4.78, 5) is 13.7. The molecule has 1 heterocycles. The van der Waals surface area contributed by atoms with Crippen LogP contribution < -0.4 is 0 Å². The molecule has 0 spiro atoms. The fourth-order valence-corrected chi connectivity index (χ4v) is 2.05. The van der Waals surface area contributed by atoms with E-state index in [1.54, 1.807) is 11.5 Å². The van der Waals surface area contributed by atoms with Gasteiger partial charge < -0.3 is 4.90 Å². The fraction of sp³-hybridized carbons (Fsp3) is 0.357. The summed E-state index contributed by atoms with van der Waals surface area (Å²) in [7, 11) is 4.12. The van der Waals surface area contributed by atoms with Crippen LogP contribution in [0, 0.1) is 0 Å². The molecule has 0 N–H and O–H groups in total. The van der Waals surface area contributed by atoms with Gasteiger partial charge >= 0.3 is 0 Å². The molecule has 18 heavy (non-hydrogen) atoms. The van der Waals surface area contributed by atoms with Crippen LogP contribution >= 0.6 is 12.4 Å². The monoisotopic (exact) mass is 266 g/mol. The van der Waals surface area contributed by atoms with Crippen molar-refractivity contribution < 1.29 is 4.79 Å². The second-order valence-corrected chi connectivity index (χ2v) is 4.61. The molecule has 0 amide bonds. The van der Waals surface area contributed by atoms with Crippen LogP contribution in [0.15, 0.2) is 30.5 Å². The summed E-state index contributed by atoms with van der Waals surface area (Å²) in [6.07, 6.45) is 2.93. The second-order valence-electron chi connectivity index (χ2n) is 4.61. The number of para-hydroxylation sites is 1. The Balaban J connectivity index is 0.00000162. The molecule has 1 aromatic carbocycles. The SMILES string of the molecule is CC(=O)n1cc(CCN(C)C)c2ccccc21.Cl. The first-order chi connectivity index (χ1) is 8.09. The molecule has 0 bridgehead atoms. The van der Waals surface area contributed by atoms with E-state index in [1.807, 2.05) is 24.4 Å². The van der Waals surface area contributed by atoms with Crippen molar-refractivity contribution >= 4 is 29.2 Å². The summed E-state index contributed by atoms with van der Waals surface area (Å²) >= 11 is 0. The molecule has 0 saturated heterocycles. The van der Waals surface area contributed by atoms with Crippen molar-refractivity contribution in [1.82, 2.24) is 9.47 Å². The van der Waals surface area contributed by atoms with Gasteiger partial charge in [0.2, 0.25) is 5.91 Å². The van der Waals surface area contributed by atoms with Gasteiger partial charge in [-0.1, -0.05) is 18.2 Å². The minimum Gasteiger partial charge on any atom is -0.309 e. The summed E-state index contributed by atoms with van der Waals surface area (Å²) < 4.78 is 1.74. The summed E-state index contributed by atoms with van der Waals surface area (Å²) in [5, 5.41) is 1.18. The van der Waals surface area contributed by atoms with Crippen LogP contribution in [0.5, 0.6) is 0 Å². The second kappa shape index (κ2) is 6.03. The maximum absolute atomic E-state index is 11.6. The number of aromatic nitrogens is 1. The van der Waals surface area contributed by atoms with Gasteiger partial charge in [-0.15, -0.1) is 12.4 Å². The zero-order valence-electron chi connectivity index (χ0n) is 11.0. The van der Waals surface area contributed by atoms with E-state index < -0.39 is 0 Å². The largest absolute Gasteiger partial charge is 0.309 e. The van der Waals surface area contributed by atoms with Gasteiger partial charge in [0.25, 0.3) is 0 Å². The predicted molar refractivity (Wildman–Crippen MR) is 77.7 cm³/mol. The molecule has 2 rings (SSSR count). The first kappa shape index (κ1) is 14.7. The van der Waals surface area contributed by atoms with Crippen LogP contribution in [-0.4, -0.2) is 36.0 Å². The Hall–Kier alpha value is -1.32. The number of hydrogen-bond acceptors (Lipinski definition) is 2. The van der Waals surface area contributed by atoms with Gasteiger partial charge in [0.05, 0.1) is 5.52 Å². The Bertz CT molecular complexity index is 546. The Morgan fingerprint density at radius 2 is 1.94 bits per heavy atom. The van der Waals surface area contributed by atoms with Gasteiger partial charge in [-0.25, -0.2) is 0 Å². The van der Waals surface area contributed by atoms with Crippen molar-refractivity contribution in [2.45, 2.75) is 13.3 Å². The third kappa shape index (κ3) is 2.92. The lowest BCUT2D eigenvalue weighted by atomic mass is 10.1. The Kier molecular flexibility index (Phi) is 4.93. The minimum atomic E-state index is 0. The third-order valence-corrected chi connectivity index (χ3v) is 2.96. The van der Waals surface area contributed by atoms with E-state index in [4.69, 9.17) is 0 Å². The van der Waals surface area contributed by atoms with Crippen molar-refractivity contribution in [2.24, 2.45) is 0 Å². The van der Waals surface area contributed by atoms with Gasteiger partial charge in [-0.3, -0.25) is 9.36 Å². The zero-order chi connectivity index (χ0) is 12.4. The molecule has 0 radical (unpaired) electrons. The highest BCUT2D eigenvalue weighted by Gasteiger charge is 2.10. The first-order valence-electron chi connectivity index (χ1n) is 5.84. The number of likely N-dealkylation sites (N-methyl/N-ethyl adjacent to an activating group) is 1. The van der Waals surface area contributed by atoms with Crippen LogP contribution in [-0.2, 0) is 6.42 Å². The van der Waals surface area contributed by atoms with Crippen LogP contribution in [0.2, 0.25) is 0 Å². The van der Waals surface area contributed by atoms with Crippen molar-refractivity contribution in [3.05, 3.63) is 36.0 Å². The van der Waals surface area contributed by atoms with Crippen LogP contribution in [0.4, 0.5) is 0 Å². The standard InChI is InChI=1S/C14H18N2O.ClH/c1-11(17)16-10-12(8-9-15(2)3)13-6-4-5-7-14(13)16;/h4-7,10H,8-9H2,1-3H3;1H. The van der Waals surface area contributed by atoms with Gasteiger partial charge in [0.1, 0.15) is 0 Å². The topological polar surface area (TPSA) is 25.2 Å². The number of hydrogen-bond donors (Lipinski definition) is 0. The molecule has 1 aromatic heterocycles. The van der Waals surface area contributed by atoms with E-state index in [-0.39, 0.29) is 18.3 Å². The molecular formula is C14H19ClN2O. The average Bonchev–Trinajstić information content (AvgIpc) is 2.65. The van der Waals surface area contributed by atoms with Crippen molar-refractivity contribution in [2.75, 3.05) is 20.6 Å². The molecule has 0 unspecified atom stereocenters. The Morgan fingerprint density at radius 3 is 2.56 bits per heavy atom. The van der Waals surface area contributed by atoms with Gasteiger partial charge in [-0.2, -0.15) is 0 Å². The van der Waals surface area contributed by atoms with E-state index in [1.165, 1.54) is 10.9 Å². The van der Waals surface area contributed by atoms with Crippen molar-refractivity contribution in [3.8, 4) is 0 Å². The quantitative estimate of drug-likeness (QED) is 0.854. The number of fused-ring (bicyclic) bond motifs is 1. The maximum atomic E-state index is 11.6. The molecule has 0 fully saturated rings. The smallest absolute Gasteiger partial charge is 0.227 e. The molecule has 0 saturated carbocycles. The Labute approximate surface area is 114 Å². The first-order valence-corrected chi connectivity index (χ1v) is 5.84. The summed E-state index contributed by atoms with van der Waals surface area (Å²) in [5.41, 5.74) is 2.25. The third-order valence-electron chi connectivity index (χ3n) is 2.96. The summed E-state index contributed by atoms with van der Waals surface area (Å²) in [6.45, 7) is 2.59. The van der Waals surface area contributed by atoms with Crippen LogP contribution in [0.1, 0.15) is 17.3 Å². The lowest BCUT2D eigenvalue weighted by Crippen LogP contribution is -2.14. The highest BCUT2D eigenvalue weighted by Crippen LogP contribution is 2.21. The molecule has 0 atom stereocenters. The molecule has 4 heteroatoms. The number of benzene rings is 1. The maximum Gasteiger partial charge on any atom is 0.227 e. The zero-order valence-corrected chi connectivity index (χ0v) is 11.8. The Morgan fingerprint density at radius 1 is 1.28 bits per heavy atom. The molecular weight excluding hydrogens is 248 g/mol. The molecule has 2 aromatic rings. The number of halogens is 1. The molecule has 3 nitrogen and oxygen atoms in total. The lowest BCUT2D eigenvalue weighted by molar-refractivity contribution is 0.0941. The van der Waals surface area contributed by atoms with E-state index in [0.717, 1.165) is 18.5 Å². The van der Waals surface area contributed by atoms with E-state index >= 15 is 0 Å². The summed E-state index contributed by atoms with van der Waals surface area (Å²) in [5.74, 6) is 0.0669. The number of nitrogens with zero attached hydrogens (tertiary/aromatic N) is 2. The van der Waals surface area contributed by atoms with Gasteiger partial charge in [-0.05, 0) is 32.1 Å². The predicted octanol–water partition coefficient (Wildman–Crippen LogP) is 2.83. The fourth-order valence-electron chi connectivity index (χ4n) is 2.05. The van der Waals surface area contributed by atoms with Gasteiger partial charge in [0, 0.05) is 25.1 Å². The van der Waals surface area contributed by atoms with E-state index in [0.29, 0.717) is 0 Å². The normalized spacial score (nSPS) is 10.7. The molecule has 0 aliphatic rings. The van der Waals surface area contributed by atoms with E-state index in [2.05, 4.69) is 25.1 Å². The number of carbonyl (C=O) groups excluding carboxylic acids is 1. The highest BCUT2D eigenvalue weighted by molar-refractivity contribution is 5.93. The summed E-state index contributed by atoms with van der Waals surface area (Å²) in [6, 6.07) is 8.07. The molecule has 0 aliphatic carbocycles. The van der Waals surface area contributed by atoms with Crippen molar-refractivity contribution in [3.63, 3.8) is 0 Å². The van der Waals surface area contributed by atoms with Crippen LogP contribution in [0.25, 0.3) is 10.9 Å². The average molecular weight is 267 g/mol. The molecule has 98 valence electrons. The lowest BCUT2D eigenvalue weighted by Gasteiger charge is -2.07. The number of carbonyl (C=O) groups is 1. The molecule has 0 aliphatic heterocycles. The minimum absolute atomic E-state index is 0.